The normalized spacial score (nSPS) is 18.3. The Morgan fingerprint density at radius 1 is 0.926 bits per heavy atom. The molecule has 2 aromatic carbocycles. The zero-order valence-corrected chi connectivity index (χ0v) is 14.7. The molecule has 138 valence electrons. The zero-order valence-electron chi connectivity index (χ0n) is 14.7. The van der Waals surface area contributed by atoms with Crippen molar-refractivity contribution in [3.05, 3.63) is 71.3 Å². The van der Waals surface area contributed by atoms with E-state index in [2.05, 4.69) is 0 Å². The smallest absolute Gasteiger partial charge is 0.339 e. The number of imide groups is 1. The number of amides is 2. The van der Waals surface area contributed by atoms with Crippen LogP contribution in [0.5, 0.6) is 0 Å². The largest absolute Gasteiger partial charge is 0.381 e. The number of carbonyl (C=O) groups excluding carboxylic acids is 3. The lowest BCUT2D eigenvalue weighted by atomic mass is 9.75. The predicted molar refractivity (Wildman–Crippen MR) is 95.7 cm³/mol. The van der Waals surface area contributed by atoms with Crippen LogP contribution in [-0.4, -0.2) is 36.1 Å². The second-order valence-corrected chi connectivity index (χ2v) is 6.88. The SMILES string of the molecule is O=C1c2ccccc2C(=O)N1OC(=O)C1(Cc2ccccc2)CCOCC1. The highest BCUT2D eigenvalue weighted by molar-refractivity contribution is 6.20. The molecule has 0 aromatic heterocycles. The number of nitrogens with zero attached hydrogens (tertiary/aromatic N) is 1. The molecule has 0 saturated carbocycles. The molecule has 2 aliphatic rings. The highest BCUT2D eigenvalue weighted by Gasteiger charge is 2.46. The minimum Gasteiger partial charge on any atom is -0.381 e. The first-order valence-corrected chi connectivity index (χ1v) is 8.93. The van der Waals surface area contributed by atoms with Crippen LogP contribution in [0, 0.1) is 5.41 Å². The Morgan fingerprint density at radius 2 is 1.48 bits per heavy atom. The number of carbonyl (C=O) groups is 3. The maximum Gasteiger partial charge on any atom is 0.339 e. The number of benzene rings is 2. The summed E-state index contributed by atoms with van der Waals surface area (Å²) in [7, 11) is 0. The molecule has 1 saturated heterocycles. The van der Waals surface area contributed by atoms with Gasteiger partial charge in [0.15, 0.2) is 0 Å². The van der Waals surface area contributed by atoms with Gasteiger partial charge in [-0.15, -0.1) is 0 Å². The molecule has 27 heavy (non-hydrogen) atoms. The topological polar surface area (TPSA) is 72.9 Å². The Balaban J connectivity index is 1.58. The molecule has 0 atom stereocenters. The molecule has 0 radical (unpaired) electrons. The quantitative estimate of drug-likeness (QED) is 0.779. The van der Waals surface area contributed by atoms with Gasteiger partial charge in [0.1, 0.15) is 0 Å². The lowest BCUT2D eigenvalue weighted by Gasteiger charge is -2.35. The summed E-state index contributed by atoms with van der Waals surface area (Å²) in [5.74, 6) is -1.78. The Labute approximate surface area is 156 Å². The van der Waals surface area contributed by atoms with Crippen LogP contribution >= 0.6 is 0 Å². The summed E-state index contributed by atoms with van der Waals surface area (Å²) in [5, 5.41) is 0.592. The van der Waals surface area contributed by atoms with Crippen molar-refractivity contribution in [1.29, 1.82) is 0 Å². The highest BCUT2D eigenvalue weighted by Crippen LogP contribution is 2.37. The predicted octanol–water partition coefficient (Wildman–Crippen LogP) is 2.78. The molecule has 2 amide bonds. The molecule has 4 rings (SSSR count). The molecule has 0 aliphatic carbocycles. The van der Waals surface area contributed by atoms with Gasteiger partial charge in [-0.05, 0) is 37.0 Å². The Morgan fingerprint density at radius 3 is 2.07 bits per heavy atom. The van der Waals surface area contributed by atoms with E-state index in [4.69, 9.17) is 9.57 Å². The van der Waals surface area contributed by atoms with Crippen LogP contribution in [0.2, 0.25) is 0 Å². The van der Waals surface area contributed by atoms with Gasteiger partial charge in [-0.2, -0.15) is 0 Å². The number of hydroxylamine groups is 2. The molecule has 0 bridgehead atoms. The molecule has 1 fully saturated rings. The van der Waals surface area contributed by atoms with Crippen LogP contribution in [0.1, 0.15) is 39.1 Å². The molecule has 0 N–H and O–H groups in total. The maximum atomic E-state index is 13.1. The number of fused-ring (bicyclic) bond motifs is 1. The summed E-state index contributed by atoms with van der Waals surface area (Å²) >= 11 is 0. The van der Waals surface area contributed by atoms with Crippen LogP contribution in [-0.2, 0) is 20.8 Å². The number of hydrogen-bond acceptors (Lipinski definition) is 5. The Kier molecular flexibility index (Phi) is 4.49. The van der Waals surface area contributed by atoms with Crippen LogP contribution in [0.3, 0.4) is 0 Å². The minimum absolute atomic E-state index is 0.249. The summed E-state index contributed by atoms with van der Waals surface area (Å²) < 4.78 is 5.42. The van der Waals surface area contributed by atoms with E-state index < -0.39 is 23.2 Å². The molecule has 2 aliphatic heterocycles. The Bertz CT molecular complexity index is 851. The zero-order chi connectivity index (χ0) is 18.9. The maximum absolute atomic E-state index is 13.1. The van der Waals surface area contributed by atoms with E-state index >= 15 is 0 Å². The molecule has 6 nitrogen and oxygen atoms in total. The second-order valence-electron chi connectivity index (χ2n) is 6.88. The van der Waals surface area contributed by atoms with Gasteiger partial charge in [-0.25, -0.2) is 4.79 Å². The fourth-order valence-corrected chi connectivity index (χ4v) is 3.63. The fourth-order valence-electron chi connectivity index (χ4n) is 3.63. The van der Waals surface area contributed by atoms with Gasteiger partial charge in [0.25, 0.3) is 11.8 Å². The standard InChI is InChI=1S/C21H19NO5/c23-18-16-8-4-5-9-17(16)19(24)22(18)27-20(25)21(10-12-26-13-11-21)14-15-6-2-1-3-7-15/h1-9H,10-14H2. The van der Waals surface area contributed by atoms with E-state index in [1.54, 1.807) is 24.3 Å². The third-order valence-electron chi connectivity index (χ3n) is 5.20. The van der Waals surface area contributed by atoms with E-state index in [1.165, 1.54) is 0 Å². The summed E-state index contributed by atoms with van der Waals surface area (Å²) in [6.07, 6.45) is 1.42. The molecule has 6 heteroatoms. The van der Waals surface area contributed by atoms with Crippen LogP contribution in [0.15, 0.2) is 54.6 Å². The summed E-state index contributed by atoms with van der Waals surface area (Å²) in [4.78, 5) is 43.5. The van der Waals surface area contributed by atoms with Crippen molar-refractivity contribution < 1.29 is 24.0 Å². The van der Waals surface area contributed by atoms with Gasteiger partial charge in [-0.3, -0.25) is 9.59 Å². The second kappa shape index (κ2) is 6.96. The van der Waals surface area contributed by atoms with Crippen LogP contribution < -0.4 is 0 Å². The lowest BCUT2D eigenvalue weighted by molar-refractivity contribution is -0.186. The lowest BCUT2D eigenvalue weighted by Crippen LogP contribution is -2.44. The van der Waals surface area contributed by atoms with Gasteiger partial charge < -0.3 is 9.57 Å². The average molecular weight is 365 g/mol. The van der Waals surface area contributed by atoms with Gasteiger partial charge >= 0.3 is 5.97 Å². The van der Waals surface area contributed by atoms with Crippen molar-refractivity contribution >= 4 is 17.8 Å². The Hall–Kier alpha value is -2.99. The van der Waals surface area contributed by atoms with Crippen molar-refractivity contribution in [3.63, 3.8) is 0 Å². The summed E-state index contributed by atoms with van der Waals surface area (Å²) in [6, 6.07) is 16.1. The number of hydrogen-bond donors (Lipinski definition) is 0. The molecule has 2 aromatic rings. The first-order valence-electron chi connectivity index (χ1n) is 8.93. The van der Waals surface area contributed by atoms with Crippen molar-refractivity contribution in [1.82, 2.24) is 5.06 Å². The van der Waals surface area contributed by atoms with Gasteiger partial charge in [0.05, 0.1) is 16.5 Å². The molecule has 2 heterocycles. The van der Waals surface area contributed by atoms with Gasteiger partial charge in [0, 0.05) is 13.2 Å². The molecular weight excluding hydrogens is 346 g/mol. The highest BCUT2D eigenvalue weighted by atomic mass is 16.7. The number of rotatable bonds is 4. The summed E-state index contributed by atoms with van der Waals surface area (Å²) in [6.45, 7) is 0.869. The van der Waals surface area contributed by atoms with Crippen molar-refractivity contribution in [2.45, 2.75) is 19.3 Å². The first kappa shape index (κ1) is 17.4. The van der Waals surface area contributed by atoms with Crippen LogP contribution in [0.25, 0.3) is 0 Å². The average Bonchev–Trinajstić information content (AvgIpc) is 2.95. The van der Waals surface area contributed by atoms with Gasteiger partial charge in [-0.1, -0.05) is 47.5 Å². The van der Waals surface area contributed by atoms with Crippen LogP contribution in [0.4, 0.5) is 0 Å². The van der Waals surface area contributed by atoms with Crippen molar-refractivity contribution in [2.75, 3.05) is 13.2 Å². The van der Waals surface area contributed by atoms with Gasteiger partial charge in [0.2, 0.25) is 0 Å². The van der Waals surface area contributed by atoms with E-state index in [9.17, 15) is 14.4 Å². The monoisotopic (exact) mass is 365 g/mol. The van der Waals surface area contributed by atoms with E-state index in [1.807, 2.05) is 30.3 Å². The van der Waals surface area contributed by atoms with Crippen molar-refractivity contribution in [3.8, 4) is 0 Å². The number of ether oxygens (including phenoxy) is 1. The third-order valence-corrected chi connectivity index (χ3v) is 5.20. The van der Waals surface area contributed by atoms with E-state index in [0.29, 0.717) is 37.5 Å². The van der Waals surface area contributed by atoms with E-state index in [0.717, 1.165) is 5.56 Å². The molecular formula is C21H19NO5. The molecule has 0 spiro atoms. The first-order chi connectivity index (χ1) is 13.1. The summed E-state index contributed by atoms with van der Waals surface area (Å²) in [5.41, 5.74) is 0.673. The fraction of sp³-hybridized carbons (Fsp3) is 0.286. The minimum atomic E-state index is -0.824. The molecule has 0 unspecified atom stereocenters. The van der Waals surface area contributed by atoms with E-state index in [-0.39, 0.29) is 11.1 Å². The van der Waals surface area contributed by atoms with Crippen molar-refractivity contribution in [2.24, 2.45) is 5.41 Å². The third kappa shape index (κ3) is 3.13.